The molecule has 104 valence electrons. The van der Waals surface area contributed by atoms with Gasteiger partial charge in [0.25, 0.3) is 0 Å². The average Bonchev–Trinajstić information content (AvgIpc) is 2.80. The summed E-state index contributed by atoms with van der Waals surface area (Å²) in [4.78, 5) is 1.42. The molecule has 1 heterocycles. The van der Waals surface area contributed by atoms with Gasteiger partial charge >= 0.3 is 0 Å². The number of nitrogens with two attached hydrogens (primary N) is 1. The van der Waals surface area contributed by atoms with Crippen molar-refractivity contribution in [2.24, 2.45) is 5.73 Å². The van der Waals surface area contributed by atoms with Crippen molar-refractivity contribution in [1.29, 1.82) is 0 Å². The first-order valence-corrected chi connectivity index (χ1v) is 8.21. The van der Waals surface area contributed by atoms with E-state index in [9.17, 15) is 0 Å². The van der Waals surface area contributed by atoms with Crippen LogP contribution in [0.15, 0.2) is 53.4 Å². The largest absolute Gasteiger partial charge is 0.327 e. The van der Waals surface area contributed by atoms with Gasteiger partial charge in [-0.15, -0.1) is 11.8 Å². The molecule has 3 heteroatoms. The molecule has 2 N–H and O–H groups in total. The minimum Gasteiger partial charge on any atom is -0.327 e. The Morgan fingerprint density at radius 1 is 1.20 bits per heavy atom. The fourth-order valence-electron chi connectivity index (χ4n) is 2.77. The molecule has 1 nitrogen and oxygen atoms in total. The van der Waals surface area contributed by atoms with Crippen molar-refractivity contribution in [3.63, 3.8) is 0 Å². The lowest BCUT2D eigenvalue weighted by Crippen LogP contribution is -2.27. The Hall–Kier alpha value is -0.960. The van der Waals surface area contributed by atoms with Crippen molar-refractivity contribution < 1.29 is 0 Å². The lowest BCUT2D eigenvalue weighted by Gasteiger charge is -2.16. The van der Waals surface area contributed by atoms with E-state index in [2.05, 4.69) is 30.3 Å². The molecule has 2 atom stereocenters. The molecule has 0 aromatic heterocycles. The molecular formula is C17H18ClNS. The van der Waals surface area contributed by atoms with E-state index in [1.54, 1.807) is 0 Å². The first-order valence-electron chi connectivity index (χ1n) is 6.95. The van der Waals surface area contributed by atoms with Gasteiger partial charge in [-0.2, -0.15) is 0 Å². The average molecular weight is 304 g/mol. The van der Waals surface area contributed by atoms with Crippen LogP contribution < -0.4 is 5.73 Å². The molecule has 0 saturated carbocycles. The summed E-state index contributed by atoms with van der Waals surface area (Å²) in [5.74, 6) is 0. The van der Waals surface area contributed by atoms with Crippen LogP contribution in [0, 0.1) is 0 Å². The van der Waals surface area contributed by atoms with Gasteiger partial charge in [-0.1, -0.05) is 41.9 Å². The molecule has 1 aliphatic rings. The SMILES string of the molecule is NC(Cc1cccc(Cl)c1)CC1Cc2ccccc2S1. The first kappa shape index (κ1) is 14.0. The van der Waals surface area contributed by atoms with Gasteiger partial charge in [-0.3, -0.25) is 0 Å². The lowest BCUT2D eigenvalue weighted by molar-refractivity contribution is 0.594. The van der Waals surface area contributed by atoms with Crippen molar-refractivity contribution in [2.75, 3.05) is 0 Å². The topological polar surface area (TPSA) is 26.0 Å². The second-order valence-electron chi connectivity index (χ2n) is 5.38. The summed E-state index contributed by atoms with van der Waals surface area (Å²) in [6, 6.07) is 16.9. The maximum atomic E-state index is 6.31. The van der Waals surface area contributed by atoms with Gasteiger partial charge < -0.3 is 5.73 Å². The van der Waals surface area contributed by atoms with Crippen LogP contribution in [-0.4, -0.2) is 11.3 Å². The Kier molecular flexibility index (Phi) is 4.35. The summed E-state index contributed by atoms with van der Waals surface area (Å²) in [5, 5.41) is 1.40. The standard InChI is InChI=1S/C17H18ClNS/c18-14-6-3-4-12(8-14)9-15(19)11-16-10-13-5-1-2-7-17(13)20-16/h1-8,15-16H,9-11,19H2. The minimum absolute atomic E-state index is 0.195. The zero-order chi connectivity index (χ0) is 13.9. The van der Waals surface area contributed by atoms with Gasteiger partial charge in [-0.05, 0) is 48.6 Å². The van der Waals surface area contributed by atoms with Crippen LogP contribution in [0.2, 0.25) is 5.02 Å². The zero-order valence-electron chi connectivity index (χ0n) is 11.3. The fourth-order valence-corrected chi connectivity index (χ4v) is 4.41. The molecule has 0 amide bonds. The van der Waals surface area contributed by atoms with Crippen LogP contribution in [0.25, 0.3) is 0 Å². The predicted molar refractivity (Wildman–Crippen MR) is 87.5 cm³/mol. The molecule has 0 saturated heterocycles. The number of hydrogen-bond acceptors (Lipinski definition) is 2. The van der Waals surface area contributed by atoms with Crippen molar-refractivity contribution in [3.05, 3.63) is 64.7 Å². The molecule has 2 aromatic rings. The number of hydrogen-bond donors (Lipinski definition) is 1. The van der Waals surface area contributed by atoms with E-state index in [-0.39, 0.29) is 6.04 Å². The number of fused-ring (bicyclic) bond motifs is 1. The van der Waals surface area contributed by atoms with Crippen LogP contribution in [0.4, 0.5) is 0 Å². The molecule has 0 spiro atoms. The van der Waals surface area contributed by atoms with Gasteiger partial charge in [0.05, 0.1) is 0 Å². The van der Waals surface area contributed by atoms with Gasteiger partial charge in [0.1, 0.15) is 0 Å². The number of benzene rings is 2. The molecule has 0 bridgehead atoms. The summed E-state index contributed by atoms with van der Waals surface area (Å²) in [5.41, 5.74) is 9.01. The highest BCUT2D eigenvalue weighted by molar-refractivity contribution is 8.00. The van der Waals surface area contributed by atoms with Gasteiger partial charge in [0, 0.05) is 21.2 Å². The Balaban J connectivity index is 1.57. The molecule has 20 heavy (non-hydrogen) atoms. The second kappa shape index (κ2) is 6.21. The van der Waals surface area contributed by atoms with E-state index >= 15 is 0 Å². The van der Waals surface area contributed by atoms with E-state index in [4.69, 9.17) is 17.3 Å². The predicted octanol–water partition coefficient (Wildman–Crippen LogP) is 4.32. The maximum Gasteiger partial charge on any atom is 0.0408 e. The maximum absolute atomic E-state index is 6.31. The van der Waals surface area contributed by atoms with E-state index in [0.29, 0.717) is 5.25 Å². The van der Waals surface area contributed by atoms with E-state index in [0.717, 1.165) is 24.3 Å². The summed E-state index contributed by atoms with van der Waals surface area (Å²) in [6.45, 7) is 0. The van der Waals surface area contributed by atoms with Crippen LogP contribution in [0.5, 0.6) is 0 Å². The summed E-state index contributed by atoms with van der Waals surface area (Å²) < 4.78 is 0. The third kappa shape index (κ3) is 3.38. The van der Waals surface area contributed by atoms with Gasteiger partial charge in [0.2, 0.25) is 0 Å². The van der Waals surface area contributed by atoms with E-state index in [1.165, 1.54) is 16.0 Å². The van der Waals surface area contributed by atoms with Crippen LogP contribution in [0.3, 0.4) is 0 Å². The van der Waals surface area contributed by atoms with Crippen LogP contribution in [-0.2, 0) is 12.8 Å². The second-order valence-corrected chi connectivity index (χ2v) is 7.16. The lowest BCUT2D eigenvalue weighted by atomic mass is 10.00. The number of rotatable bonds is 4. The fraction of sp³-hybridized carbons (Fsp3) is 0.294. The van der Waals surface area contributed by atoms with Crippen molar-refractivity contribution in [1.82, 2.24) is 0 Å². The molecule has 3 rings (SSSR count). The van der Waals surface area contributed by atoms with E-state index in [1.807, 2.05) is 30.0 Å². The molecule has 0 aliphatic carbocycles. The Bertz CT molecular complexity index is 574. The molecule has 0 radical (unpaired) electrons. The van der Waals surface area contributed by atoms with E-state index < -0.39 is 0 Å². The zero-order valence-corrected chi connectivity index (χ0v) is 12.8. The molecule has 0 fully saturated rings. The quantitative estimate of drug-likeness (QED) is 0.910. The van der Waals surface area contributed by atoms with Crippen molar-refractivity contribution >= 4 is 23.4 Å². The van der Waals surface area contributed by atoms with Gasteiger partial charge in [-0.25, -0.2) is 0 Å². The highest BCUT2D eigenvalue weighted by Crippen LogP contribution is 2.38. The third-order valence-corrected chi connectivity index (χ3v) is 5.25. The monoisotopic (exact) mass is 303 g/mol. The van der Waals surface area contributed by atoms with Crippen molar-refractivity contribution in [3.8, 4) is 0 Å². The third-order valence-electron chi connectivity index (χ3n) is 3.67. The molecule has 2 aromatic carbocycles. The summed E-state index contributed by atoms with van der Waals surface area (Å²) in [7, 11) is 0. The molecule has 2 unspecified atom stereocenters. The Morgan fingerprint density at radius 3 is 2.85 bits per heavy atom. The smallest absolute Gasteiger partial charge is 0.0408 e. The first-order chi connectivity index (χ1) is 9.70. The minimum atomic E-state index is 0.195. The van der Waals surface area contributed by atoms with Crippen LogP contribution in [0.1, 0.15) is 17.5 Å². The Morgan fingerprint density at radius 2 is 2.05 bits per heavy atom. The van der Waals surface area contributed by atoms with Crippen LogP contribution >= 0.6 is 23.4 Å². The molecular weight excluding hydrogens is 286 g/mol. The number of halogens is 1. The van der Waals surface area contributed by atoms with Crippen molar-refractivity contribution in [2.45, 2.75) is 35.4 Å². The van der Waals surface area contributed by atoms with Gasteiger partial charge in [0.15, 0.2) is 0 Å². The summed E-state index contributed by atoms with van der Waals surface area (Å²) >= 11 is 7.99. The normalized spacial score (nSPS) is 18.8. The summed E-state index contributed by atoms with van der Waals surface area (Å²) in [6.07, 6.45) is 3.09. The highest BCUT2D eigenvalue weighted by atomic mass is 35.5. The molecule has 1 aliphatic heterocycles. The highest BCUT2D eigenvalue weighted by Gasteiger charge is 2.23. The number of thioether (sulfide) groups is 1. The Labute approximate surface area is 129 Å².